The summed E-state index contributed by atoms with van der Waals surface area (Å²) in [4.78, 5) is 24.2. The van der Waals surface area contributed by atoms with Gasteiger partial charge in [-0.15, -0.1) is 0 Å². The minimum atomic E-state index is -3.79. The summed E-state index contributed by atoms with van der Waals surface area (Å²) in [6.45, 7) is -0.292. The van der Waals surface area contributed by atoms with E-state index in [1.807, 2.05) is 0 Å². The molecule has 0 bridgehead atoms. The molecule has 9 heteroatoms. The first-order valence-electron chi connectivity index (χ1n) is 6.29. The Morgan fingerprint density at radius 1 is 1.27 bits per heavy atom. The number of carbonyl (C=O) groups excluding carboxylic acids is 1. The SMILES string of the molecule is COC(=O)C1c2ccccc2C(OS(C)(=O)=O)CN1C(=O)O. The van der Waals surface area contributed by atoms with Crippen molar-refractivity contribution in [3.63, 3.8) is 0 Å². The van der Waals surface area contributed by atoms with Gasteiger partial charge in [0.15, 0.2) is 6.04 Å². The number of carbonyl (C=O) groups is 2. The Balaban J connectivity index is 2.55. The fourth-order valence-corrected chi connectivity index (χ4v) is 3.04. The van der Waals surface area contributed by atoms with E-state index in [4.69, 9.17) is 4.18 Å². The predicted molar refractivity (Wildman–Crippen MR) is 74.6 cm³/mol. The molecule has 1 aliphatic rings. The smallest absolute Gasteiger partial charge is 0.408 e. The van der Waals surface area contributed by atoms with Crippen molar-refractivity contribution in [3.05, 3.63) is 35.4 Å². The van der Waals surface area contributed by atoms with Crippen LogP contribution in [-0.2, 0) is 23.8 Å². The van der Waals surface area contributed by atoms with Crippen LogP contribution in [0.15, 0.2) is 24.3 Å². The Kier molecular flexibility index (Phi) is 4.38. The van der Waals surface area contributed by atoms with Gasteiger partial charge in [0.2, 0.25) is 0 Å². The number of methoxy groups -OCH3 is 1. The van der Waals surface area contributed by atoms with Crippen LogP contribution in [0.1, 0.15) is 23.3 Å². The van der Waals surface area contributed by atoms with Gasteiger partial charge in [-0.05, 0) is 11.1 Å². The molecule has 0 aliphatic carbocycles. The number of hydrogen-bond acceptors (Lipinski definition) is 6. The number of hydrogen-bond donors (Lipinski definition) is 1. The summed E-state index contributed by atoms with van der Waals surface area (Å²) < 4.78 is 32.4. The second kappa shape index (κ2) is 5.93. The molecule has 2 atom stereocenters. The molecule has 0 fully saturated rings. The Morgan fingerprint density at radius 2 is 1.86 bits per heavy atom. The van der Waals surface area contributed by atoms with Gasteiger partial charge in [-0.3, -0.25) is 9.08 Å². The zero-order valence-electron chi connectivity index (χ0n) is 11.9. The fourth-order valence-electron chi connectivity index (χ4n) is 2.45. The molecule has 1 aromatic carbocycles. The lowest BCUT2D eigenvalue weighted by atomic mass is 9.91. The van der Waals surface area contributed by atoms with Crippen LogP contribution < -0.4 is 0 Å². The third-order valence-corrected chi connectivity index (χ3v) is 3.85. The van der Waals surface area contributed by atoms with Crippen LogP contribution in [0.5, 0.6) is 0 Å². The fraction of sp³-hybridized carbons (Fsp3) is 0.385. The first kappa shape index (κ1) is 16.2. The minimum Gasteiger partial charge on any atom is -0.467 e. The van der Waals surface area contributed by atoms with E-state index in [9.17, 15) is 23.1 Å². The number of rotatable bonds is 3. The van der Waals surface area contributed by atoms with Gasteiger partial charge in [0.1, 0.15) is 6.10 Å². The van der Waals surface area contributed by atoms with Crippen molar-refractivity contribution in [1.82, 2.24) is 4.90 Å². The molecule has 22 heavy (non-hydrogen) atoms. The first-order chi connectivity index (χ1) is 10.2. The van der Waals surface area contributed by atoms with Gasteiger partial charge in [-0.2, -0.15) is 8.42 Å². The third kappa shape index (κ3) is 3.20. The van der Waals surface area contributed by atoms with Crippen LogP contribution in [0.4, 0.5) is 4.79 Å². The highest BCUT2D eigenvalue weighted by atomic mass is 32.2. The van der Waals surface area contributed by atoms with Crippen LogP contribution in [-0.4, -0.2) is 50.4 Å². The molecule has 8 nitrogen and oxygen atoms in total. The highest BCUT2D eigenvalue weighted by Crippen LogP contribution is 2.37. The number of esters is 1. The number of fused-ring (bicyclic) bond motifs is 1. The molecule has 2 rings (SSSR count). The predicted octanol–water partition coefficient (Wildman–Crippen LogP) is 0.912. The lowest BCUT2D eigenvalue weighted by molar-refractivity contribution is -0.147. The number of benzene rings is 1. The van der Waals surface area contributed by atoms with Crippen LogP contribution >= 0.6 is 0 Å². The molecule has 2 unspecified atom stereocenters. The summed E-state index contributed by atoms with van der Waals surface area (Å²) >= 11 is 0. The zero-order valence-corrected chi connectivity index (χ0v) is 12.7. The number of amides is 1. The van der Waals surface area contributed by atoms with Crippen molar-refractivity contribution < 1.29 is 32.0 Å². The molecule has 120 valence electrons. The average Bonchev–Trinajstić information content (AvgIpc) is 2.44. The molecule has 1 aliphatic heterocycles. The molecule has 0 saturated heterocycles. The highest BCUT2D eigenvalue weighted by Gasteiger charge is 2.42. The van der Waals surface area contributed by atoms with Gasteiger partial charge in [0, 0.05) is 0 Å². The molecule has 0 saturated carbocycles. The second-order valence-electron chi connectivity index (χ2n) is 4.78. The van der Waals surface area contributed by atoms with E-state index in [0.29, 0.717) is 11.1 Å². The van der Waals surface area contributed by atoms with E-state index in [2.05, 4.69) is 4.74 Å². The lowest BCUT2D eigenvalue weighted by Gasteiger charge is -2.37. The van der Waals surface area contributed by atoms with E-state index in [0.717, 1.165) is 18.3 Å². The van der Waals surface area contributed by atoms with Crippen molar-refractivity contribution >= 4 is 22.2 Å². The topological polar surface area (TPSA) is 110 Å². The normalized spacial score (nSPS) is 21.1. The third-order valence-electron chi connectivity index (χ3n) is 3.27. The number of carboxylic acid groups (broad SMARTS) is 1. The molecule has 0 aromatic heterocycles. The average molecular weight is 329 g/mol. The highest BCUT2D eigenvalue weighted by molar-refractivity contribution is 7.86. The minimum absolute atomic E-state index is 0.292. The van der Waals surface area contributed by atoms with Gasteiger partial charge in [-0.25, -0.2) is 9.59 Å². The summed E-state index contributed by atoms with van der Waals surface area (Å²) in [6, 6.07) is 5.27. The van der Waals surface area contributed by atoms with Crippen LogP contribution in [0.25, 0.3) is 0 Å². The van der Waals surface area contributed by atoms with Crippen LogP contribution in [0.2, 0.25) is 0 Å². The second-order valence-corrected chi connectivity index (χ2v) is 6.38. The molecule has 1 amide bonds. The van der Waals surface area contributed by atoms with Gasteiger partial charge >= 0.3 is 12.1 Å². The van der Waals surface area contributed by atoms with E-state index < -0.39 is 34.3 Å². The van der Waals surface area contributed by atoms with Crippen LogP contribution in [0, 0.1) is 0 Å². The molecular formula is C13H15NO7S. The van der Waals surface area contributed by atoms with E-state index in [1.54, 1.807) is 24.3 Å². The number of ether oxygens (including phenoxy) is 1. The maximum absolute atomic E-state index is 12.0. The summed E-state index contributed by atoms with van der Waals surface area (Å²) in [5.74, 6) is -0.743. The Morgan fingerprint density at radius 3 is 2.36 bits per heavy atom. The van der Waals surface area contributed by atoms with Crippen molar-refractivity contribution in [1.29, 1.82) is 0 Å². The van der Waals surface area contributed by atoms with E-state index in [-0.39, 0.29) is 6.54 Å². The van der Waals surface area contributed by atoms with E-state index in [1.165, 1.54) is 0 Å². The van der Waals surface area contributed by atoms with Gasteiger partial charge in [-0.1, -0.05) is 24.3 Å². The lowest BCUT2D eigenvalue weighted by Crippen LogP contribution is -2.45. The van der Waals surface area contributed by atoms with Gasteiger partial charge in [0.05, 0.1) is 19.9 Å². The van der Waals surface area contributed by atoms with Gasteiger partial charge in [0.25, 0.3) is 10.1 Å². The molecule has 0 radical (unpaired) electrons. The maximum Gasteiger partial charge on any atom is 0.408 e. The summed E-state index contributed by atoms with van der Waals surface area (Å²) in [5.41, 5.74) is 0.789. The largest absolute Gasteiger partial charge is 0.467 e. The Hall–Kier alpha value is -2.13. The molecule has 0 spiro atoms. The van der Waals surface area contributed by atoms with Crippen molar-refractivity contribution in [2.24, 2.45) is 0 Å². The van der Waals surface area contributed by atoms with Gasteiger partial charge < -0.3 is 9.84 Å². The molecule has 1 N–H and O–H groups in total. The zero-order chi connectivity index (χ0) is 16.5. The first-order valence-corrected chi connectivity index (χ1v) is 8.10. The Labute approximate surface area is 127 Å². The molecule has 1 heterocycles. The monoisotopic (exact) mass is 329 g/mol. The summed E-state index contributed by atoms with van der Waals surface area (Å²) in [6.07, 6.45) is -1.50. The van der Waals surface area contributed by atoms with Crippen LogP contribution in [0.3, 0.4) is 0 Å². The van der Waals surface area contributed by atoms with Crippen molar-refractivity contribution in [3.8, 4) is 0 Å². The summed E-state index contributed by atoms with van der Waals surface area (Å²) in [5, 5.41) is 9.31. The molecular weight excluding hydrogens is 314 g/mol. The maximum atomic E-state index is 12.0. The quantitative estimate of drug-likeness (QED) is 0.648. The standard InChI is InChI=1S/C13H15NO7S/c1-20-12(15)11-9-6-4-3-5-8(9)10(21-22(2,18)19)7-14(11)13(16)17/h3-6,10-11H,7H2,1-2H3,(H,16,17). The van der Waals surface area contributed by atoms with Crippen molar-refractivity contribution in [2.45, 2.75) is 12.1 Å². The van der Waals surface area contributed by atoms with E-state index >= 15 is 0 Å². The van der Waals surface area contributed by atoms with Crippen molar-refractivity contribution in [2.75, 3.05) is 19.9 Å². The summed E-state index contributed by atoms with van der Waals surface area (Å²) in [7, 11) is -2.64. The molecule has 1 aromatic rings. The Bertz CT molecular complexity index is 700. The number of nitrogens with zero attached hydrogens (tertiary/aromatic N) is 1.